The Labute approximate surface area is 74.0 Å². The summed E-state index contributed by atoms with van der Waals surface area (Å²) in [6, 6.07) is 0. The number of carbonyl (C=O) groups is 1. The predicted molar refractivity (Wildman–Crippen MR) is 48.9 cm³/mol. The van der Waals surface area contributed by atoms with Crippen molar-refractivity contribution >= 4 is 5.97 Å². The zero-order valence-electron chi connectivity index (χ0n) is 7.92. The minimum atomic E-state index is -0.735. The molecule has 2 atom stereocenters. The maximum Gasteiger partial charge on any atom is 0.306 e. The fourth-order valence-corrected chi connectivity index (χ4v) is 1.24. The largest absolute Gasteiger partial charge is 0.481 e. The summed E-state index contributed by atoms with van der Waals surface area (Å²) in [4.78, 5) is 10.6. The number of carboxylic acids is 1. The quantitative estimate of drug-likeness (QED) is 0.639. The molecule has 0 aliphatic carbocycles. The van der Waals surface area contributed by atoms with Crippen LogP contribution in [0.15, 0.2) is 0 Å². The molecule has 0 spiro atoms. The van der Waals surface area contributed by atoms with Crippen LogP contribution in [0, 0.1) is 11.8 Å². The third kappa shape index (κ3) is 3.72. The van der Waals surface area contributed by atoms with Crippen LogP contribution >= 0.6 is 0 Å². The second-order valence-electron chi connectivity index (χ2n) is 3.26. The molecule has 3 nitrogen and oxygen atoms in total. The van der Waals surface area contributed by atoms with Gasteiger partial charge in [-0.1, -0.05) is 26.7 Å². The maximum atomic E-state index is 10.6. The zero-order chi connectivity index (χ0) is 9.56. The van der Waals surface area contributed by atoms with Gasteiger partial charge in [-0.05, 0) is 18.9 Å². The third-order valence-corrected chi connectivity index (χ3v) is 2.33. The highest BCUT2D eigenvalue weighted by Gasteiger charge is 2.21. The topological polar surface area (TPSA) is 63.3 Å². The van der Waals surface area contributed by atoms with Gasteiger partial charge in [0.05, 0.1) is 5.92 Å². The molecule has 12 heavy (non-hydrogen) atoms. The highest BCUT2D eigenvalue weighted by molar-refractivity contribution is 5.69. The summed E-state index contributed by atoms with van der Waals surface area (Å²) in [7, 11) is 0. The molecular weight excluding hydrogens is 154 g/mol. The summed E-state index contributed by atoms with van der Waals surface area (Å²) in [5, 5.41) is 8.73. The lowest BCUT2D eigenvalue weighted by Crippen LogP contribution is -2.27. The number of aliphatic carboxylic acids is 1. The highest BCUT2D eigenvalue weighted by Crippen LogP contribution is 2.17. The van der Waals surface area contributed by atoms with Crippen molar-refractivity contribution in [1.82, 2.24) is 0 Å². The van der Waals surface area contributed by atoms with E-state index in [4.69, 9.17) is 10.8 Å². The molecule has 0 aliphatic heterocycles. The van der Waals surface area contributed by atoms with E-state index in [0.717, 1.165) is 19.3 Å². The molecule has 3 N–H and O–H groups in total. The molecule has 72 valence electrons. The summed E-state index contributed by atoms with van der Waals surface area (Å²) in [5.41, 5.74) is 5.49. The molecule has 0 radical (unpaired) electrons. The number of nitrogens with two attached hydrogens (primary N) is 1. The van der Waals surface area contributed by atoms with Gasteiger partial charge in [0.15, 0.2) is 0 Å². The molecule has 0 aromatic carbocycles. The van der Waals surface area contributed by atoms with E-state index in [1.54, 1.807) is 6.92 Å². The van der Waals surface area contributed by atoms with E-state index in [-0.39, 0.29) is 11.8 Å². The van der Waals surface area contributed by atoms with Crippen LogP contribution in [0.3, 0.4) is 0 Å². The molecule has 0 saturated heterocycles. The van der Waals surface area contributed by atoms with Crippen LogP contribution in [0.2, 0.25) is 0 Å². The van der Waals surface area contributed by atoms with E-state index < -0.39 is 5.97 Å². The van der Waals surface area contributed by atoms with Gasteiger partial charge in [-0.15, -0.1) is 0 Å². The van der Waals surface area contributed by atoms with Gasteiger partial charge in [0.2, 0.25) is 0 Å². The first kappa shape index (κ1) is 11.4. The predicted octanol–water partition coefficient (Wildman–Crippen LogP) is 1.47. The van der Waals surface area contributed by atoms with Crippen LogP contribution in [0.25, 0.3) is 0 Å². The first-order valence-corrected chi connectivity index (χ1v) is 4.56. The van der Waals surface area contributed by atoms with Gasteiger partial charge < -0.3 is 10.8 Å². The smallest absolute Gasteiger partial charge is 0.306 e. The molecule has 0 aromatic rings. The highest BCUT2D eigenvalue weighted by atomic mass is 16.4. The standard InChI is InChI=1S/C9H19NO2/c1-3-4-5-8(6-10)7(2)9(11)12/h7-8H,3-6,10H2,1-2H3,(H,11,12)/t7?,8-/m1/s1. The van der Waals surface area contributed by atoms with Crippen molar-refractivity contribution in [2.45, 2.75) is 33.1 Å². The molecule has 3 heteroatoms. The summed E-state index contributed by atoms with van der Waals surface area (Å²) in [6.07, 6.45) is 3.10. The zero-order valence-corrected chi connectivity index (χ0v) is 7.92. The van der Waals surface area contributed by atoms with Gasteiger partial charge in [-0.2, -0.15) is 0 Å². The monoisotopic (exact) mass is 173 g/mol. The Bertz CT molecular complexity index is 136. The molecule has 1 unspecified atom stereocenters. The van der Waals surface area contributed by atoms with Crippen molar-refractivity contribution in [3.05, 3.63) is 0 Å². The van der Waals surface area contributed by atoms with Crippen molar-refractivity contribution in [3.8, 4) is 0 Å². The number of rotatable bonds is 6. The minimum absolute atomic E-state index is 0.141. The Kier molecular flexibility index (Phi) is 5.72. The van der Waals surface area contributed by atoms with E-state index in [2.05, 4.69) is 6.92 Å². The van der Waals surface area contributed by atoms with E-state index >= 15 is 0 Å². The molecule has 0 amide bonds. The van der Waals surface area contributed by atoms with Crippen molar-refractivity contribution in [2.75, 3.05) is 6.54 Å². The van der Waals surface area contributed by atoms with Crippen LogP contribution in [-0.4, -0.2) is 17.6 Å². The minimum Gasteiger partial charge on any atom is -0.481 e. The fraction of sp³-hybridized carbons (Fsp3) is 0.889. The average molecular weight is 173 g/mol. The van der Waals surface area contributed by atoms with Crippen LogP contribution in [-0.2, 0) is 4.79 Å². The Morgan fingerprint density at radius 2 is 2.17 bits per heavy atom. The molecule has 0 rings (SSSR count). The molecule has 0 aromatic heterocycles. The second-order valence-corrected chi connectivity index (χ2v) is 3.26. The van der Waals surface area contributed by atoms with Gasteiger partial charge in [0.1, 0.15) is 0 Å². The lowest BCUT2D eigenvalue weighted by atomic mass is 9.89. The van der Waals surface area contributed by atoms with E-state index in [9.17, 15) is 4.79 Å². The Morgan fingerprint density at radius 3 is 2.50 bits per heavy atom. The van der Waals surface area contributed by atoms with Gasteiger partial charge in [-0.3, -0.25) is 4.79 Å². The lowest BCUT2D eigenvalue weighted by Gasteiger charge is -2.18. The Morgan fingerprint density at radius 1 is 1.58 bits per heavy atom. The lowest BCUT2D eigenvalue weighted by molar-refractivity contribution is -0.142. The number of hydrogen-bond acceptors (Lipinski definition) is 2. The molecule has 0 fully saturated rings. The van der Waals surface area contributed by atoms with Crippen LogP contribution in [0.4, 0.5) is 0 Å². The summed E-state index contributed by atoms with van der Waals surface area (Å²) in [6.45, 7) is 4.31. The summed E-state index contributed by atoms with van der Waals surface area (Å²) < 4.78 is 0. The first-order chi connectivity index (χ1) is 5.63. The van der Waals surface area contributed by atoms with Crippen molar-refractivity contribution < 1.29 is 9.90 Å². The van der Waals surface area contributed by atoms with E-state index in [1.807, 2.05) is 0 Å². The molecule has 0 aliphatic rings. The molecular formula is C9H19NO2. The van der Waals surface area contributed by atoms with Gasteiger partial charge >= 0.3 is 5.97 Å². The maximum absolute atomic E-state index is 10.6. The fourth-order valence-electron chi connectivity index (χ4n) is 1.24. The van der Waals surface area contributed by atoms with Crippen molar-refractivity contribution in [1.29, 1.82) is 0 Å². The number of unbranched alkanes of at least 4 members (excludes halogenated alkanes) is 1. The van der Waals surface area contributed by atoms with Crippen LogP contribution in [0.1, 0.15) is 33.1 Å². The van der Waals surface area contributed by atoms with Crippen LogP contribution in [0.5, 0.6) is 0 Å². The Hall–Kier alpha value is -0.570. The average Bonchev–Trinajstić information content (AvgIpc) is 2.05. The molecule has 0 saturated carbocycles. The molecule has 0 bridgehead atoms. The number of hydrogen-bond donors (Lipinski definition) is 2. The van der Waals surface area contributed by atoms with E-state index in [0.29, 0.717) is 6.54 Å². The van der Waals surface area contributed by atoms with Crippen LogP contribution < -0.4 is 5.73 Å². The summed E-state index contributed by atoms with van der Waals surface area (Å²) in [5.74, 6) is -0.898. The van der Waals surface area contributed by atoms with Gasteiger partial charge in [-0.25, -0.2) is 0 Å². The first-order valence-electron chi connectivity index (χ1n) is 4.56. The van der Waals surface area contributed by atoms with Crippen molar-refractivity contribution in [2.24, 2.45) is 17.6 Å². The SMILES string of the molecule is CCCC[C@H](CN)C(C)C(=O)O. The van der Waals surface area contributed by atoms with Gasteiger partial charge in [0, 0.05) is 0 Å². The Balaban J connectivity index is 3.87. The summed E-state index contributed by atoms with van der Waals surface area (Å²) >= 11 is 0. The van der Waals surface area contributed by atoms with E-state index in [1.165, 1.54) is 0 Å². The van der Waals surface area contributed by atoms with Crippen molar-refractivity contribution in [3.63, 3.8) is 0 Å². The van der Waals surface area contributed by atoms with Gasteiger partial charge in [0.25, 0.3) is 0 Å². The number of carboxylic acid groups (broad SMARTS) is 1. The molecule has 0 heterocycles. The normalized spacial score (nSPS) is 15.6. The third-order valence-electron chi connectivity index (χ3n) is 2.33. The second kappa shape index (κ2) is 6.00.